The van der Waals surface area contributed by atoms with Crippen LogP contribution in [0.4, 0.5) is 17.1 Å². The van der Waals surface area contributed by atoms with E-state index in [0.29, 0.717) is 33.5 Å². The molecular weight excluding hydrogens is 366 g/mol. The summed E-state index contributed by atoms with van der Waals surface area (Å²) in [6, 6.07) is 14.1. The topological polar surface area (TPSA) is 72.5 Å². The van der Waals surface area contributed by atoms with Crippen molar-refractivity contribution in [3.63, 3.8) is 0 Å². The van der Waals surface area contributed by atoms with Crippen molar-refractivity contribution in [1.82, 2.24) is 4.98 Å². The number of ether oxygens (including phenoxy) is 2. The van der Waals surface area contributed by atoms with Crippen LogP contribution in [0, 0.1) is 0 Å². The molecule has 0 aliphatic carbocycles. The summed E-state index contributed by atoms with van der Waals surface area (Å²) in [5.74, 6) is 1.02. The third-order valence-corrected chi connectivity index (χ3v) is 4.01. The Morgan fingerprint density at radius 3 is 2.59 bits per heavy atom. The van der Waals surface area contributed by atoms with Crippen LogP contribution in [0.2, 0.25) is 5.02 Å². The van der Waals surface area contributed by atoms with E-state index in [1.165, 1.54) is 6.20 Å². The number of amides is 1. The molecule has 0 aliphatic heterocycles. The molecule has 1 heterocycles. The summed E-state index contributed by atoms with van der Waals surface area (Å²) in [5, 5.41) is 6.54. The number of methoxy groups -OCH3 is 2. The SMILES string of the molecule is COc1ccc(Nc2cncc(C(=O)Nc3cccc(Cl)c3)c2)c(OC)c1. The van der Waals surface area contributed by atoms with Crippen molar-refractivity contribution in [1.29, 1.82) is 0 Å². The van der Waals surface area contributed by atoms with Gasteiger partial charge in [-0.05, 0) is 36.4 Å². The monoisotopic (exact) mass is 383 g/mol. The zero-order chi connectivity index (χ0) is 19.2. The van der Waals surface area contributed by atoms with E-state index in [0.717, 1.165) is 5.69 Å². The van der Waals surface area contributed by atoms with E-state index in [2.05, 4.69) is 15.6 Å². The van der Waals surface area contributed by atoms with Crippen molar-refractivity contribution < 1.29 is 14.3 Å². The smallest absolute Gasteiger partial charge is 0.257 e. The summed E-state index contributed by atoms with van der Waals surface area (Å²) in [6.45, 7) is 0. The molecule has 138 valence electrons. The summed E-state index contributed by atoms with van der Waals surface area (Å²) < 4.78 is 10.6. The molecule has 2 N–H and O–H groups in total. The number of hydrogen-bond acceptors (Lipinski definition) is 5. The normalized spacial score (nSPS) is 10.2. The fraction of sp³-hybridized carbons (Fsp3) is 0.100. The molecule has 2 aromatic carbocycles. The van der Waals surface area contributed by atoms with Gasteiger partial charge in [0.1, 0.15) is 11.5 Å². The van der Waals surface area contributed by atoms with Gasteiger partial charge in [0, 0.05) is 23.0 Å². The Hall–Kier alpha value is -3.25. The minimum absolute atomic E-state index is 0.282. The van der Waals surface area contributed by atoms with Crippen LogP contribution in [0.3, 0.4) is 0 Å². The van der Waals surface area contributed by atoms with Crippen LogP contribution in [0.15, 0.2) is 60.9 Å². The van der Waals surface area contributed by atoms with Crippen LogP contribution in [0.1, 0.15) is 10.4 Å². The number of rotatable bonds is 6. The average Bonchev–Trinajstić information content (AvgIpc) is 2.68. The van der Waals surface area contributed by atoms with Gasteiger partial charge in [0.15, 0.2) is 0 Å². The second-order valence-corrected chi connectivity index (χ2v) is 6.05. The highest BCUT2D eigenvalue weighted by Gasteiger charge is 2.10. The van der Waals surface area contributed by atoms with Gasteiger partial charge in [0.2, 0.25) is 0 Å². The van der Waals surface area contributed by atoms with E-state index in [4.69, 9.17) is 21.1 Å². The van der Waals surface area contributed by atoms with Gasteiger partial charge in [-0.3, -0.25) is 9.78 Å². The number of nitrogens with zero attached hydrogens (tertiary/aromatic N) is 1. The minimum Gasteiger partial charge on any atom is -0.497 e. The number of carbonyl (C=O) groups excluding carboxylic acids is 1. The number of benzene rings is 2. The van der Waals surface area contributed by atoms with Crippen LogP contribution < -0.4 is 20.1 Å². The van der Waals surface area contributed by atoms with Crippen LogP contribution >= 0.6 is 11.6 Å². The summed E-state index contributed by atoms with van der Waals surface area (Å²) in [7, 11) is 3.17. The Labute approximate surface area is 162 Å². The molecule has 6 nitrogen and oxygen atoms in total. The predicted molar refractivity (Wildman–Crippen MR) is 106 cm³/mol. The third-order valence-electron chi connectivity index (χ3n) is 3.77. The summed E-state index contributed by atoms with van der Waals surface area (Å²) >= 11 is 5.95. The molecule has 0 bridgehead atoms. The zero-order valence-electron chi connectivity index (χ0n) is 14.8. The Morgan fingerprint density at radius 2 is 1.85 bits per heavy atom. The Morgan fingerprint density at radius 1 is 1.00 bits per heavy atom. The zero-order valence-corrected chi connectivity index (χ0v) is 15.6. The third kappa shape index (κ3) is 4.68. The number of halogens is 1. The second-order valence-electron chi connectivity index (χ2n) is 5.62. The van der Waals surface area contributed by atoms with Gasteiger partial charge in [-0.15, -0.1) is 0 Å². The van der Waals surface area contributed by atoms with Crippen molar-refractivity contribution in [3.8, 4) is 11.5 Å². The van der Waals surface area contributed by atoms with Gasteiger partial charge < -0.3 is 20.1 Å². The molecule has 0 saturated heterocycles. The molecule has 3 aromatic rings. The maximum absolute atomic E-state index is 12.5. The number of nitrogens with one attached hydrogen (secondary N) is 2. The maximum atomic E-state index is 12.5. The van der Waals surface area contributed by atoms with E-state index in [1.807, 2.05) is 12.1 Å². The number of hydrogen-bond donors (Lipinski definition) is 2. The van der Waals surface area contributed by atoms with Gasteiger partial charge in [-0.1, -0.05) is 17.7 Å². The minimum atomic E-state index is -0.282. The number of anilines is 3. The number of aromatic nitrogens is 1. The van der Waals surface area contributed by atoms with E-state index in [-0.39, 0.29) is 5.91 Å². The number of carbonyl (C=O) groups is 1. The quantitative estimate of drug-likeness (QED) is 0.642. The molecule has 1 amide bonds. The molecule has 1 aromatic heterocycles. The number of pyridine rings is 1. The molecule has 27 heavy (non-hydrogen) atoms. The first kappa shape index (κ1) is 18.5. The summed E-state index contributed by atoms with van der Waals surface area (Å²) in [4.78, 5) is 16.6. The molecular formula is C20H18ClN3O3. The Balaban J connectivity index is 1.78. The Kier molecular flexibility index (Phi) is 5.78. The summed E-state index contributed by atoms with van der Waals surface area (Å²) in [5.41, 5.74) is 2.40. The molecule has 0 aliphatic rings. The molecule has 0 spiro atoms. The fourth-order valence-corrected chi connectivity index (χ4v) is 2.65. The lowest BCUT2D eigenvalue weighted by molar-refractivity contribution is 0.102. The van der Waals surface area contributed by atoms with Crippen LogP contribution in [-0.2, 0) is 0 Å². The standard InChI is InChI=1S/C20H18ClN3O3/c1-26-17-6-7-18(19(10-17)27-2)23-16-8-13(11-22-12-16)20(25)24-15-5-3-4-14(21)9-15/h3-12,23H,1-2H3,(H,24,25). The van der Waals surface area contributed by atoms with Crippen LogP contribution in [0.25, 0.3) is 0 Å². The largest absolute Gasteiger partial charge is 0.497 e. The molecule has 0 saturated carbocycles. The van der Waals surface area contributed by atoms with Crippen LogP contribution in [-0.4, -0.2) is 25.1 Å². The van der Waals surface area contributed by atoms with Crippen LogP contribution in [0.5, 0.6) is 11.5 Å². The van der Waals surface area contributed by atoms with Gasteiger partial charge in [-0.2, -0.15) is 0 Å². The van der Waals surface area contributed by atoms with Crippen molar-refractivity contribution in [3.05, 3.63) is 71.5 Å². The van der Waals surface area contributed by atoms with E-state index in [1.54, 1.807) is 56.8 Å². The maximum Gasteiger partial charge on any atom is 0.257 e. The van der Waals surface area contributed by atoms with E-state index >= 15 is 0 Å². The van der Waals surface area contributed by atoms with Crippen molar-refractivity contribution in [2.45, 2.75) is 0 Å². The Bertz CT molecular complexity index is 963. The summed E-state index contributed by atoms with van der Waals surface area (Å²) in [6.07, 6.45) is 3.12. The molecule has 0 radical (unpaired) electrons. The van der Waals surface area contributed by atoms with Crippen molar-refractivity contribution in [2.75, 3.05) is 24.9 Å². The van der Waals surface area contributed by atoms with Crippen molar-refractivity contribution >= 4 is 34.6 Å². The van der Waals surface area contributed by atoms with E-state index < -0.39 is 0 Å². The lowest BCUT2D eigenvalue weighted by Crippen LogP contribution is -2.12. The lowest BCUT2D eigenvalue weighted by atomic mass is 10.2. The first-order chi connectivity index (χ1) is 13.1. The van der Waals surface area contributed by atoms with Crippen molar-refractivity contribution in [2.24, 2.45) is 0 Å². The molecule has 0 atom stereocenters. The van der Waals surface area contributed by atoms with Gasteiger partial charge in [0.05, 0.1) is 37.4 Å². The molecule has 0 fully saturated rings. The van der Waals surface area contributed by atoms with Gasteiger partial charge in [-0.25, -0.2) is 0 Å². The van der Waals surface area contributed by atoms with E-state index in [9.17, 15) is 4.79 Å². The highest BCUT2D eigenvalue weighted by Crippen LogP contribution is 2.31. The predicted octanol–water partition coefficient (Wildman–Crippen LogP) is 4.75. The second kappa shape index (κ2) is 8.42. The van der Waals surface area contributed by atoms with Gasteiger partial charge in [0.25, 0.3) is 5.91 Å². The first-order valence-corrected chi connectivity index (χ1v) is 8.48. The fourth-order valence-electron chi connectivity index (χ4n) is 2.46. The average molecular weight is 384 g/mol. The lowest BCUT2D eigenvalue weighted by Gasteiger charge is -2.13. The van der Waals surface area contributed by atoms with Gasteiger partial charge >= 0.3 is 0 Å². The highest BCUT2D eigenvalue weighted by molar-refractivity contribution is 6.31. The molecule has 3 rings (SSSR count). The molecule has 0 unspecified atom stereocenters. The molecule has 7 heteroatoms. The highest BCUT2D eigenvalue weighted by atomic mass is 35.5. The first-order valence-electron chi connectivity index (χ1n) is 8.10.